The second kappa shape index (κ2) is 7.97. The number of aromatic nitrogens is 2. The van der Waals surface area contributed by atoms with Gasteiger partial charge in [0, 0.05) is 18.4 Å². The van der Waals surface area contributed by atoms with Crippen LogP contribution in [-0.2, 0) is 19.3 Å². The van der Waals surface area contributed by atoms with Crippen LogP contribution in [0.4, 0.5) is 13.2 Å². The van der Waals surface area contributed by atoms with Crippen LogP contribution in [0.3, 0.4) is 0 Å². The van der Waals surface area contributed by atoms with Crippen molar-refractivity contribution in [3.8, 4) is 0 Å². The average molecular weight is 407 g/mol. The third-order valence-corrected chi connectivity index (χ3v) is 5.24. The highest BCUT2D eigenvalue weighted by Gasteiger charge is 2.33. The van der Waals surface area contributed by atoms with Crippen LogP contribution in [0, 0.1) is 6.92 Å². The quantitative estimate of drug-likeness (QED) is 0.703. The van der Waals surface area contributed by atoms with E-state index >= 15 is 0 Å². The minimum Gasteiger partial charge on any atom is -0.347 e. The van der Waals surface area contributed by atoms with Gasteiger partial charge in [-0.25, -0.2) is 0 Å². The standard InChI is InChI=1S/C19H16F3N3O2S/c1-12-16(28-18(27)25(12)11-14-7-4-5-9-23-14)17(26)24-10-13-6-2-3-8-15(13)19(20,21)22/h2-9H,10-11H2,1H3,(H,24,26). The Hall–Kier alpha value is -2.94. The van der Waals surface area contributed by atoms with Gasteiger partial charge in [0.2, 0.25) is 0 Å². The number of hydrogen-bond donors (Lipinski definition) is 1. The number of benzene rings is 1. The van der Waals surface area contributed by atoms with Crippen molar-refractivity contribution in [3.05, 3.63) is 85.7 Å². The number of thiazole rings is 1. The van der Waals surface area contributed by atoms with Crippen LogP contribution in [0.25, 0.3) is 0 Å². The molecule has 5 nitrogen and oxygen atoms in total. The molecular formula is C19H16F3N3O2S. The lowest BCUT2D eigenvalue weighted by molar-refractivity contribution is -0.138. The van der Waals surface area contributed by atoms with E-state index in [0.717, 1.165) is 17.4 Å². The molecule has 0 radical (unpaired) electrons. The molecule has 0 fully saturated rings. The van der Waals surface area contributed by atoms with Gasteiger partial charge in [0.1, 0.15) is 4.88 Å². The summed E-state index contributed by atoms with van der Waals surface area (Å²) in [5, 5.41) is 2.48. The lowest BCUT2D eigenvalue weighted by atomic mass is 10.1. The molecule has 1 amide bonds. The van der Waals surface area contributed by atoms with E-state index in [1.54, 1.807) is 31.3 Å². The van der Waals surface area contributed by atoms with Crippen molar-refractivity contribution < 1.29 is 18.0 Å². The highest BCUT2D eigenvalue weighted by molar-refractivity contribution is 7.11. The summed E-state index contributed by atoms with van der Waals surface area (Å²) in [5.74, 6) is -0.587. The molecule has 0 bridgehead atoms. The van der Waals surface area contributed by atoms with Crippen LogP contribution in [0.5, 0.6) is 0 Å². The molecule has 3 rings (SSSR count). The van der Waals surface area contributed by atoms with Crippen molar-refractivity contribution in [1.82, 2.24) is 14.9 Å². The van der Waals surface area contributed by atoms with E-state index in [1.807, 2.05) is 0 Å². The number of nitrogens with zero attached hydrogens (tertiary/aromatic N) is 2. The Labute approximate surface area is 162 Å². The zero-order chi connectivity index (χ0) is 20.3. The number of rotatable bonds is 5. The largest absolute Gasteiger partial charge is 0.416 e. The van der Waals surface area contributed by atoms with Crippen LogP contribution in [0.15, 0.2) is 53.5 Å². The van der Waals surface area contributed by atoms with E-state index in [9.17, 15) is 22.8 Å². The molecule has 1 aromatic carbocycles. The van der Waals surface area contributed by atoms with Crippen LogP contribution in [0.2, 0.25) is 0 Å². The van der Waals surface area contributed by atoms with E-state index in [0.29, 0.717) is 11.4 Å². The number of carbonyl (C=O) groups is 1. The van der Waals surface area contributed by atoms with Crippen LogP contribution >= 0.6 is 11.3 Å². The molecule has 0 aliphatic heterocycles. The third kappa shape index (κ3) is 4.30. The maximum Gasteiger partial charge on any atom is 0.416 e. The van der Waals surface area contributed by atoms with E-state index in [1.165, 1.54) is 22.8 Å². The number of halogens is 3. The summed E-state index contributed by atoms with van der Waals surface area (Å²) in [6.07, 6.45) is -2.90. The number of pyridine rings is 1. The Morgan fingerprint density at radius 3 is 2.57 bits per heavy atom. The predicted octanol–water partition coefficient (Wildman–Crippen LogP) is 3.61. The fraction of sp³-hybridized carbons (Fsp3) is 0.211. The summed E-state index contributed by atoms with van der Waals surface area (Å²) in [7, 11) is 0. The van der Waals surface area contributed by atoms with Gasteiger partial charge in [0.15, 0.2) is 0 Å². The molecule has 0 unspecified atom stereocenters. The van der Waals surface area contributed by atoms with Crippen LogP contribution < -0.4 is 10.2 Å². The SMILES string of the molecule is Cc1c(C(=O)NCc2ccccc2C(F)(F)F)sc(=O)n1Cc1ccccn1. The Morgan fingerprint density at radius 1 is 1.18 bits per heavy atom. The number of amides is 1. The van der Waals surface area contributed by atoms with Gasteiger partial charge < -0.3 is 5.32 Å². The fourth-order valence-corrected chi connectivity index (χ4v) is 3.64. The monoisotopic (exact) mass is 407 g/mol. The van der Waals surface area contributed by atoms with Gasteiger partial charge in [-0.05, 0) is 30.7 Å². The molecule has 0 aliphatic carbocycles. The first-order chi connectivity index (χ1) is 13.3. The summed E-state index contributed by atoms with van der Waals surface area (Å²) < 4.78 is 40.6. The molecule has 3 aromatic rings. The summed E-state index contributed by atoms with van der Waals surface area (Å²) in [5.41, 5.74) is 0.271. The van der Waals surface area contributed by atoms with Crippen molar-refractivity contribution in [3.63, 3.8) is 0 Å². The summed E-state index contributed by atoms with van der Waals surface area (Å²) >= 11 is 0.759. The minimum atomic E-state index is -4.51. The van der Waals surface area contributed by atoms with Crippen molar-refractivity contribution in [2.24, 2.45) is 0 Å². The van der Waals surface area contributed by atoms with Gasteiger partial charge in [0.05, 0.1) is 17.8 Å². The van der Waals surface area contributed by atoms with Gasteiger partial charge >= 0.3 is 11.0 Å². The number of hydrogen-bond acceptors (Lipinski definition) is 4. The number of nitrogens with one attached hydrogen (secondary N) is 1. The zero-order valence-electron chi connectivity index (χ0n) is 14.8. The second-order valence-corrected chi connectivity index (χ2v) is 6.99. The Kier molecular flexibility index (Phi) is 5.64. The predicted molar refractivity (Wildman–Crippen MR) is 99.3 cm³/mol. The molecule has 0 spiro atoms. The Balaban J connectivity index is 1.78. The van der Waals surface area contributed by atoms with Crippen molar-refractivity contribution in [2.75, 3.05) is 0 Å². The molecular weight excluding hydrogens is 391 g/mol. The molecule has 9 heteroatoms. The number of alkyl halides is 3. The van der Waals surface area contributed by atoms with E-state index in [-0.39, 0.29) is 28.4 Å². The maximum absolute atomic E-state index is 13.1. The van der Waals surface area contributed by atoms with E-state index in [4.69, 9.17) is 0 Å². The van der Waals surface area contributed by atoms with Crippen molar-refractivity contribution >= 4 is 17.2 Å². The first-order valence-electron chi connectivity index (χ1n) is 8.31. The molecule has 0 atom stereocenters. The summed E-state index contributed by atoms with van der Waals surface area (Å²) in [4.78, 5) is 28.7. The second-order valence-electron chi connectivity index (χ2n) is 6.03. The van der Waals surface area contributed by atoms with Gasteiger partial charge in [-0.3, -0.25) is 19.1 Å². The first-order valence-corrected chi connectivity index (χ1v) is 9.12. The summed E-state index contributed by atoms with van der Waals surface area (Å²) in [6, 6.07) is 10.4. The van der Waals surface area contributed by atoms with Crippen LogP contribution in [0.1, 0.15) is 32.2 Å². The molecule has 146 valence electrons. The van der Waals surface area contributed by atoms with Gasteiger partial charge in [-0.15, -0.1) is 0 Å². The third-order valence-electron chi connectivity index (χ3n) is 4.16. The Morgan fingerprint density at radius 2 is 1.89 bits per heavy atom. The van der Waals surface area contributed by atoms with Gasteiger partial charge in [-0.2, -0.15) is 13.2 Å². The molecule has 28 heavy (non-hydrogen) atoms. The molecule has 0 saturated heterocycles. The smallest absolute Gasteiger partial charge is 0.347 e. The molecule has 1 N–H and O–H groups in total. The van der Waals surface area contributed by atoms with E-state index < -0.39 is 17.6 Å². The Bertz CT molecular complexity index is 1040. The molecule has 0 aliphatic rings. The molecule has 0 saturated carbocycles. The lowest BCUT2D eigenvalue weighted by Gasteiger charge is -2.13. The van der Waals surface area contributed by atoms with E-state index in [2.05, 4.69) is 10.3 Å². The zero-order valence-corrected chi connectivity index (χ0v) is 15.6. The maximum atomic E-state index is 13.1. The van der Waals surface area contributed by atoms with Gasteiger partial charge in [-0.1, -0.05) is 35.6 Å². The first kappa shape index (κ1) is 19.8. The molecule has 2 aromatic heterocycles. The van der Waals surface area contributed by atoms with Crippen LogP contribution in [-0.4, -0.2) is 15.5 Å². The number of carbonyl (C=O) groups excluding carboxylic acids is 1. The minimum absolute atomic E-state index is 0.0405. The van der Waals surface area contributed by atoms with Crippen molar-refractivity contribution in [1.29, 1.82) is 0 Å². The normalized spacial score (nSPS) is 11.4. The lowest BCUT2D eigenvalue weighted by Crippen LogP contribution is -2.24. The van der Waals surface area contributed by atoms with Crippen molar-refractivity contribution in [2.45, 2.75) is 26.2 Å². The topological polar surface area (TPSA) is 64.0 Å². The molecule has 2 heterocycles. The highest BCUT2D eigenvalue weighted by atomic mass is 32.1. The average Bonchev–Trinajstić information content (AvgIpc) is 2.95. The fourth-order valence-electron chi connectivity index (χ4n) is 2.73. The highest BCUT2D eigenvalue weighted by Crippen LogP contribution is 2.31. The van der Waals surface area contributed by atoms with Gasteiger partial charge in [0.25, 0.3) is 5.91 Å². The summed E-state index contributed by atoms with van der Waals surface area (Å²) in [6.45, 7) is 1.55.